The molecule has 1 rings (SSSR count). The first-order chi connectivity index (χ1) is 4.66. The maximum Gasteiger partial charge on any atom is 0.139 e. The number of ether oxygens (including phenoxy) is 1. The molecule has 0 aromatic heterocycles. The lowest BCUT2D eigenvalue weighted by Gasteiger charge is -2.11. The van der Waals surface area contributed by atoms with E-state index in [9.17, 15) is 5.11 Å². The van der Waals surface area contributed by atoms with E-state index in [0.717, 1.165) is 6.42 Å². The minimum absolute atomic E-state index is 0.0741. The van der Waals surface area contributed by atoms with E-state index in [-0.39, 0.29) is 18.2 Å². The molecule has 3 heteroatoms. The molecule has 1 heterocycles. The van der Waals surface area contributed by atoms with Crippen LogP contribution >= 0.6 is 0 Å². The molecule has 0 radical (unpaired) electrons. The molecular weight excluding hydrogens is 127 g/mol. The molecule has 4 atom stereocenters. The van der Waals surface area contributed by atoms with Gasteiger partial charge in [-0.3, -0.25) is 0 Å². The molecule has 0 bridgehead atoms. The van der Waals surface area contributed by atoms with Crippen molar-refractivity contribution in [3.8, 4) is 0 Å². The molecule has 0 aromatic carbocycles. The van der Waals surface area contributed by atoms with E-state index in [1.807, 2.05) is 21.7 Å². The predicted octanol–water partition coefficient (Wildman–Crippen LogP) is -0.249. The summed E-state index contributed by atoms with van der Waals surface area (Å²) in [4.78, 5) is 0. The average Bonchev–Trinajstić information content (AvgIpc) is 2.17. The zero-order valence-electron chi connectivity index (χ0n) is 6.87. The van der Waals surface area contributed by atoms with Crippen LogP contribution in [0.1, 0.15) is 20.3 Å². The van der Waals surface area contributed by atoms with Gasteiger partial charge in [-0.2, -0.15) is 0 Å². The van der Waals surface area contributed by atoms with Crippen molar-refractivity contribution in [3.05, 3.63) is 0 Å². The van der Waals surface area contributed by atoms with Crippen LogP contribution < -0.4 is 0 Å². The molecule has 0 amide bonds. The third-order valence-electron chi connectivity index (χ3n) is 2.45. The highest BCUT2D eigenvalue weighted by atomic mass is 16.5. The third kappa shape index (κ3) is 1.20. The Morgan fingerprint density at radius 2 is 2.20 bits per heavy atom. The van der Waals surface area contributed by atoms with Crippen LogP contribution in [0.25, 0.3) is 0 Å². The summed E-state index contributed by atoms with van der Waals surface area (Å²) in [5.41, 5.74) is 0. The second-order valence-electron chi connectivity index (χ2n) is 3.14. The Balaban J connectivity index is 2.53. The lowest BCUT2D eigenvalue weighted by atomic mass is 9.86. The smallest absolute Gasteiger partial charge is 0.139 e. The van der Waals surface area contributed by atoms with Gasteiger partial charge >= 0.3 is 0 Å². The Morgan fingerprint density at radius 1 is 1.60 bits per heavy atom. The number of hydrogen-bond acceptors (Lipinski definition) is 2. The van der Waals surface area contributed by atoms with Crippen LogP contribution in [0, 0.1) is 5.92 Å². The summed E-state index contributed by atoms with van der Waals surface area (Å²) in [6.45, 7) is 4.07. The summed E-state index contributed by atoms with van der Waals surface area (Å²) in [6.07, 6.45) is 0.737. The topological polar surface area (TPSA) is 29.5 Å². The fraction of sp³-hybridized carbons (Fsp3) is 1.00. The van der Waals surface area contributed by atoms with Crippen molar-refractivity contribution in [3.63, 3.8) is 0 Å². The average molecular weight is 142 g/mol. The van der Waals surface area contributed by atoms with Gasteiger partial charge in [-0.15, -0.1) is 0 Å². The normalized spacial score (nSPS) is 47.9. The van der Waals surface area contributed by atoms with E-state index in [0.29, 0.717) is 5.92 Å². The van der Waals surface area contributed by atoms with Gasteiger partial charge in [-0.25, -0.2) is 0 Å². The van der Waals surface area contributed by atoms with Crippen molar-refractivity contribution in [2.45, 2.75) is 38.5 Å². The lowest BCUT2D eigenvalue weighted by molar-refractivity contribution is 0.0295. The summed E-state index contributed by atoms with van der Waals surface area (Å²) >= 11 is 0. The Labute approximate surface area is 63.0 Å². The quantitative estimate of drug-likeness (QED) is 0.511. The first-order valence-electron chi connectivity index (χ1n) is 4.00. The van der Waals surface area contributed by atoms with Gasteiger partial charge in [-0.05, 0) is 6.42 Å². The standard InChI is InChI=1S/C7H15BO2/c1-3-5-6(9)4(2)7(8)10-5/h4-7,9H,3,8H2,1-2H3/t4-,5-,6+,7-/m0/s1. The van der Waals surface area contributed by atoms with Crippen LogP contribution in [-0.4, -0.2) is 31.2 Å². The summed E-state index contributed by atoms with van der Waals surface area (Å²) in [6, 6.07) is 0.222. The highest BCUT2D eigenvalue weighted by Gasteiger charge is 2.36. The Hall–Kier alpha value is -0.0151. The summed E-state index contributed by atoms with van der Waals surface area (Å²) in [7, 11) is 2.02. The van der Waals surface area contributed by atoms with E-state index in [1.165, 1.54) is 0 Å². The van der Waals surface area contributed by atoms with Gasteiger partial charge < -0.3 is 9.84 Å². The molecule has 0 aliphatic carbocycles. The largest absolute Gasteiger partial charge is 0.390 e. The van der Waals surface area contributed by atoms with Crippen molar-refractivity contribution >= 4 is 7.85 Å². The van der Waals surface area contributed by atoms with Gasteiger partial charge in [0.25, 0.3) is 0 Å². The molecule has 1 N–H and O–H groups in total. The van der Waals surface area contributed by atoms with E-state index >= 15 is 0 Å². The van der Waals surface area contributed by atoms with Gasteiger partial charge in [0.15, 0.2) is 0 Å². The Morgan fingerprint density at radius 3 is 2.40 bits per heavy atom. The predicted molar refractivity (Wildman–Crippen MR) is 42.7 cm³/mol. The van der Waals surface area contributed by atoms with E-state index in [1.54, 1.807) is 0 Å². The molecule has 10 heavy (non-hydrogen) atoms. The Kier molecular flexibility index (Phi) is 2.37. The van der Waals surface area contributed by atoms with Crippen molar-refractivity contribution in [1.82, 2.24) is 0 Å². The van der Waals surface area contributed by atoms with Gasteiger partial charge in [0.2, 0.25) is 0 Å². The molecule has 0 saturated carbocycles. The molecular formula is C7H15BO2. The molecule has 0 spiro atoms. The van der Waals surface area contributed by atoms with Crippen LogP contribution in [-0.2, 0) is 4.74 Å². The zero-order chi connectivity index (χ0) is 7.72. The maximum absolute atomic E-state index is 9.50. The molecule has 2 nitrogen and oxygen atoms in total. The minimum atomic E-state index is -0.250. The third-order valence-corrected chi connectivity index (χ3v) is 2.45. The number of rotatable bonds is 1. The van der Waals surface area contributed by atoms with Gasteiger partial charge in [0, 0.05) is 11.9 Å². The summed E-state index contributed by atoms with van der Waals surface area (Å²) in [5.74, 6) is 0.296. The van der Waals surface area contributed by atoms with Crippen molar-refractivity contribution in [2.75, 3.05) is 0 Å². The first-order valence-corrected chi connectivity index (χ1v) is 4.00. The molecule has 1 saturated heterocycles. The summed E-state index contributed by atoms with van der Waals surface area (Å²) in [5, 5.41) is 9.50. The molecule has 0 aromatic rings. The first kappa shape index (κ1) is 8.09. The fourth-order valence-electron chi connectivity index (χ4n) is 1.43. The SMILES string of the molecule is B[C@H]1O[C@@H](CC)[C@H](O)[C@@H]1C. The second-order valence-corrected chi connectivity index (χ2v) is 3.14. The Bertz CT molecular complexity index is 118. The number of hydrogen-bond donors (Lipinski definition) is 1. The fourth-order valence-corrected chi connectivity index (χ4v) is 1.43. The molecule has 1 aliphatic rings. The molecule has 58 valence electrons. The molecule has 0 unspecified atom stereocenters. The highest BCUT2D eigenvalue weighted by molar-refractivity contribution is 6.11. The molecule has 1 fully saturated rings. The van der Waals surface area contributed by atoms with E-state index < -0.39 is 0 Å². The molecule has 1 aliphatic heterocycles. The maximum atomic E-state index is 9.50. The number of aliphatic hydroxyl groups excluding tert-OH is 1. The van der Waals surface area contributed by atoms with Crippen LogP contribution in [0.2, 0.25) is 0 Å². The van der Waals surface area contributed by atoms with Crippen LogP contribution in [0.5, 0.6) is 0 Å². The summed E-state index contributed by atoms with van der Waals surface area (Å²) < 4.78 is 5.48. The van der Waals surface area contributed by atoms with Crippen LogP contribution in [0.3, 0.4) is 0 Å². The van der Waals surface area contributed by atoms with E-state index in [4.69, 9.17) is 4.74 Å². The number of aliphatic hydroxyl groups is 1. The van der Waals surface area contributed by atoms with Crippen LogP contribution in [0.15, 0.2) is 0 Å². The van der Waals surface area contributed by atoms with E-state index in [2.05, 4.69) is 0 Å². The van der Waals surface area contributed by atoms with Crippen LogP contribution in [0.4, 0.5) is 0 Å². The minimum Gasteiger partial charge on any atom is -0.390 e. The lowest BCUT2D eigenvalue weighted by Crippen LogP contribution is -2.24. The van der Waals surface area contributed by atoms with Crippen molar-refractivity contribution < 1.29 is 9.84 Å². The van der Waals surface area contributed by atoms with Crippen molar-refractivity contribution in [1.29, 1.82) is 0 Å². The highest BCUT2D eigenvalue weighted by Crippen LogP contribution is 2.26. The van der Waals surface area contributed by atoms with Crippen molar-refractivity contribution in [2.24, 2.45) is 5.92 Å². The second kappa shape index (κ2) is 2.93. The van der Waals surface area contributed by atoms with Gasteiger partial charge in [-0.1, -0.05) is 13.8 Å². The zero-order valence-corrected chi connectivity index (χ0v) is 6.87. The monoisotopic (exact) mass is 142 g/mol. The van der Waals surface area contributed by atoms with Gasteiger partial charge in [0.1, 0.15) is 7.85 Å². The van der Waals surface area contributed by atoms with Gasteiger partial charge in [0.05, 0.1) is 12.2 Å².